The molecule has 1 unspecified atom stereocenters. The SMILES string of the molecule is CCn1ncc(Br)c1C(=O)CC1CCCCO1. The number of ether oxygens (including phenoxy) is 1. The van der Waals surface area contributed by atoms with E-state index in [0.717, 1.165) is 30.3 Å². The molecule has 1 aromatic rings. The summed E-state index contributed by atoms with van der Waals surface area (Å²) < 4.78 is 8.10. The van der Waals surface area contributed by atoms with Crippen molar-refractivity contribution in [3.8, 4) is 0 Å². The largest absolute Gasteiger partial charge is 0.378 e. The molecule has 0 radical (unpaired) electrons. The van der Waals surface area contributed by atoms with Gasteiger partial charge in [-0.05, 0) is 42.1 Å². The first-order chi connectivity index (χ1) is 8.22. The van der Waals surface area contributed by atoms with E-state index in [4.69, 9.17) is 4.74 Å². The van der Waals surface area contributed by atoms with Gasteiger partial charge < -0.3 is 4.74 Å². The Labute approximate surface area is 109 Å². The van der Waals surface area contributed by atoms with E-state index < -0.39 is 0 Å². The minimum absolute atomic E-state index is 0.0864. The van der Waals surface area contributed by atoms with Gasteiger partial charge in [-0.1, -0.05) is 0 Å². The van der Waals surface area contributed by atoms with Crippen LogP contribution in [0.25, 0.3) is 0 Å². The molecule has 1 aromatic heterocycles. The van der Waals surface area contributed by atoms with Gasteiger partial charge in [0.05, 0.1) is 16.8 Å². The summed E-state index contributed by atoms with van der Waals surface area (Å²) in [5.41, 5.74) is 0.668. The Hall–Kier alpha value is -0.680. The van der Waals surface area contributed by atoms with Crippen molar-refractivity contribution >= 4 is 21.7 Å². The molecule has 17 heavy (non-hydrogen) atoms. The van der Waals surface area contributed by atoms with Crippen LogP contribution in [0.3, 0.4) is 0 Å². The second-order valence-electron chi connectivity index (χ2n) is 4.27. The molecule has 0 aromatic carbocycles. The zero-order chi connectivity index (χ0) is 12.3. The summed E-state index contributed by atoms with van der Waals surface area (Å²) >= 11 is 3.38. The van der Waals surface area contributed by atoms with E-state index in [1.165, 1.54) is 0 Å². The molecular weight excluding hydrogens is 284 g/mol. The van der Waals surface area contributed by atoms with E-state index in [-0.39, 0.29) is 11.9 Å². The Bertz CT molecular complexity index is 397. The number of rotatable bonds is 4. The fraction of sp³-hybridized carbons (Fsp3) is 0.667. The van der Waals surface area contributed by atoms with E-state index in [0.29, 0.717) is 18.7 Å². The molecule has 2 heterocycles. The first kappa shape index (κ1) is 12.8. The van der Waals surface area contributed by atoms with Crippen molar-refractivity contribution in [3.63, 3.8) is 0 Å². The summed E-state index contributed by atoms with van der Waals surface area (Å²) in [6.07, 6.45) is 5.49. The van der Waals surface area contributed by atoms with Gasteiger partial charge in [0.2, 0.25) is 0 Å². The number of hydrogen-bond donors (Lipinski definition) is 0. The first-order valence-electron chi connectivity index (χ1n) is 6.08. The van der Waals surface area contributed by atoms with Crippen molar-refractivity contribution in [2.45, 2.75) is 45.3 Å². The average Bonchev–Trinajstić information content (AvgIpc) is 2.71. The summed E-state index contributed by atoms with van der Waals surface area (Å²) in [4.78, 5) is 12.2. The molecule has 0 aliphatic carbocycles. The fourth-order valence-electron chi connectivity index (χ4n) is 2.15. The third-order valence-electron chi connectivity index (χ3n) is 3.05. The molecule has 1 aliphatic rings. The Balaban J connectivity index is 2.05. The number of halogens is 1. The first-order valence-corrected chi connectivity index (χ1v) is 6.87. The minimum atomic E-state index is 0.0864. The normalized spacial score (nSPS) is 20.5. The molecule has 1 atom stereocenters. The van der Waals surface area contributed by atoms with Gasteiger partial charge in [-0.25, -0.2) is 0 Å². The Morgan fingerprint density at radius 1 is 1.65 bits per heavy atom. The monoisotopic (exact) mass is 300 g/mol. The molecule has 0 N–H and O–H groups in total. The van der Waals surface area contributed by atoms with Crippen LogP contribution in [0.2, 0.25) is 0 Å². The highest BCUT2D eigenvalue weighted by atomic mass is 79.9. The maximum absolute atomic E-state index is 12.2. The van der Waals surface area contributed by atoms with Gasteiger partial charge in [0.1, 0.15) is 5.69 Å². The van der Waals surface area contributed by atoms with Crippen LogP contribution >= 0.6 is 15.9 Å². The van der Waals surface area contributed by atoms with Crippen LogP contribution < -0.4 is 0 Å². The standard InChI is InChI=1S/C12H17BrN2O2/c1-2-15-12(10(13)8-14-15)11(16)7-9-5-3-4-6-17-9/h8-9H,2-7H2,1H3. The van der Waals surface area contributed by atoms with Crippen molar-refractivity contribution in [3.05, 3.63) is 16.4 Å². The summed E-state index contributed by atoms with van der Waals surface area (Å²) in [6, 6.07) is 0. The molecule has 4 nitrogen and oxygen atoms in total. The number of nitrogens with zero attached hydrogens (tertiary/aromatic N) is 2. The molecule has 0 bridgehead atoms. The Kier molecular flexibility index (Phi) is 4.34. The Morgan fingerprint density at radius 2 is 2.47 bits per heavy atom. The minimum Gasteiger partial charge on any atom is -0.378 e. The topological polar surface area (TPSA) is 44.1 Å². The molecule has 94 valence electrons. The van der Waals surface area contributed by atoms with Crippen molar-refractivity contribution < 1.29 is 9.53 Å². The van der Waals surface area contributed by atoms with Crippen LogP contribution in [0.1, 0.15) is 43.1 Å². The van der Waals surface area contributed by atoms with Crippen LogP contribution in [-0.2, 0) is 11.3 Å². The molecule has 1 fully saturated rings. The number of hydrogen-bond acceptors (Lipinski definition) is 3. The number of carbonyl (C=O) groups excluding carboxylic acids is 1. The van der Waals surface area contributed by atoms with E-state index >= 15 is 0 Å². The number of carbonyl (C=O) groups is 1. The number of ketones is 1. The zero-order valence-electron chi connectivity index (χ0n) is 9.99. The Morgan fingerprint density at radius 3 is 3.12 bits per heavy atom. The lowest BCUT2D eigenvalue weighted by atomic mass is 10.0. The van der Waals surface area contributed by atoms with Crippen LogP contribution in [0.5, 0.6) is 0 Å². The van der Waals surface area contributed by atoms with E-state index in [9.17, 15) is 4.79 Å². The van der Waals surface area contributed by atoms with Gasteiger partial charge in [0, 0.05) is 19.6 Å². The van der Waals surface area contributed by atoms with Gasteiger partial charge in [-0.15, -0.1) is 0 Å². The van der Waals surface area contributed by atoms with Gasteiger partial charge in [0.25, 0.3) is 0 Å². The summed E-state index contributed by atoms with van der Waals surface area (Å²) in [5, 5.41) is 4.16. The molecule has 1 aliphatic heterocycles. The van der Waals surface area contributed by atoms with Crippen LogP contribution in [0, 0.1) is 0 Å². The second-order valence-corrected chi connectivity index (χ2v) is 5.13. The van der Waals surface area contributed by atoms with E-state index in [1.54, 1.807) is 10.9 Å². The quantitative estimate of drug-likeness (QED) is 0.803. The molecule has 0 saturated carbocycles. The van der Waals surface area contributed by atoms with Crippen molar-refractivity contribution in [2.24, 2.45) is 0 Å². The highest BCUT2D eigenvalue weighted by molar-refractivity contribution is 9.10. The van der Waals surface area contributed by atoms with Gasteiger partial charge >= 0.3 is 0 Å². The smallest absolute Gasteiger partial charge is 0.184 e. The number of Topliss-reactive ketones (excluding diaryl/α,β-unsaturated/α-hetero) is 1. The summed E-state index contributed by atoms with van der Waals surface area (Å²) in [6.45, 7) is 3.47. The summed E-state index contributed by atoms with van der Waals surface area (Å²) in [5.74, 6) is 0.114. The maximum Gasteiger partial charge on any atom is 0.184 e. The third-order valence-corrected chi connectivity index (χ3v) is 3.63. The second kappa shape index (κ2) is 5.78. The lowest BCUT2D eigenvalue weighted by Crippen LogP contribution is -2.23. The highest BCUT2D eigenvalue weighted by Gasteiger charge is 2.22. The van der Waals surface area contributed by atoms with Gasteiger partial charge in [-0.3, -0.25) is 9.48 Å². The summed E-state index contributed by atoms with van der Waals surface area (Å²) in [7, 11) is 0. The van der Waals surface area contributed by atoms with E-state index in [1.807, 2.05) is 6.92 Å². The number of aromatic nitrogens is 2. The maximum atomic E-state index is 12.2. The van der Waals surface area contributed by atoms with E-state index in [2.05, 4.69) is 21.0 Å². The fourth-order valence-corrected chi connectivity index (χ4v) is 2.67. The molecule has 0 amide bonds. The molecular formula is C12H17BrN2O2. The van der Waals surface area contributed by atoms with Gasteiger partial charge in [-0.2, -0.15) is 5.10 Å². The lowest BCUT2D eigenvalue weighted by molar-refractivity contribution is 0.0126. The molecule has 5 heteroatoms. The van der Waals surface area contributed by atoms with Gasteiger partial charge in [0.15, 0.2) is 5.78 Å². The van der Waals surface area contributed by atoms with Crippen molar-refractivity contribution in [2.75, 3.05) is 6.61 Å². The number of aryl methyl sites for hydroxylation is 1. The lowest BCUT2D eigenvalue weighted by Gasteiger charge is -2.21. The zero-order valence-corrected chi connectivity index (χ0v) is 11.6. The van der Waals surface area contributed by atoms with Crippen molar-refractivity contribution in [1.82, 2.24) is 9.78 Å². The third kappa shape index (κ3) is 2.96. The predicted molar refractivity (Wildman–Crippen MR) is 68.1 cm³/mol. The average molecular weight is 301 g/mol. The van der Waals surface area contributed by atoms with Crippen molar-refractivity contribution in [1.29, 1.82) is 0 Å². The highest BCUT2D eigenvalue weighted by Crippen LogP contribution is 2.22. The molecule has 0 spiro atoms. The van der Waals surface area contributed by atoms with Crippen LogP contribution in [-0.4, -0.2) is 28.3 Å². The predicted octanol–water partition coefficient (Wildman–Crippen LogP) is 2.81. The van der Waals surface area contributed by atoms with Crippen LogP contribution in [0.4, 0.5) is 0 Å². The molecule has 1 saturated heterocycles. The molecule has 2 rings (SSSR count). The van der Waals surface area contributed by atoms with Crippen LogP contribution in [0.15, 0.2) is 10.7 Å².